The van der Waals surface area contributed by atoms with Crippen LogP contribution in [0.5, 0.6) is 5.75 Å². The Balaban J connectivity index is 2.08. The minimum atomic E-state index is -4.31. The lowest BCUT2D eigenvalue weighted by atomic mass is 10.2. The Labute approximate surface area is 118 Å². The Kier molecular flexibility index (Phi) is 4.73. The zero-order valence-electron chi connectivity index (χ0n) is 10.3. The summed E-state index contributed by atoms with van der Waals surface area (Å²) in [5.74, 6) is 0.312. The van der Waals surface area contributed by atoms with Gasteiger partial charge in [-0.25, -0.2) is 0 Å². The number of hydrogen-bond donors (Lipinski definition) is 0. The molecule has 1 aromatic rings. The van der Waals surface area contributed by atoms with Crippen LogP contribution < -0.4 is 4.74 Å². The van der Waals surface area contributed by atoms with Gasteiger partial charge in [0, 0.05) is 16.6 Å². The number of hydrogen-bond acceptors (Lipinski definition) is 2. The van der Waals surface area contributed by atoms with Gasteiger partial charge in [0.2, 0.25) is 0 Å². The summed E-state index contributed by atoms with van der Waals surface area (Å²) < 4.78 is 42.4. The van der Waals surface area contributed by atoms with Crippen LogP contribution in [0.1, 0.15) is 18.4 Å². The van der Waals surface area contributed by atoms with Crippen LogP contribution in [0, 0.1) is 0 Å². The van der Waals surface area contributed by atoms with Gasteiger partial charge in [0.25, 0.3) is 0 Å². The normalized spacial score (nSPS) is 16.8. The number of halogens is 4. The standard InChI is InChI=1S/C13H15BrF3NO/c14-11-3-4-12(19-9-13(15,16)17)10(7-11)8-18-5-1-2-6-18/h3-4,7H,1-2,5-6,8-9H2. The lowest BCUT2D eigenvalue weighted by Gasteiger charge is -2.18. The first-order valence-corrected chi connectivity index (χ1v) is 6.94. The monoisotopic (exact) mass is 337 g/mol. The molecule has 106 valence electrons. The number of likely N-dealkylation sites (tertiary alicyclic amines) is 1. The van der Waals surface area contributed by atoms with E-state index in [2.05, 4.69) is 20.8 Å². The average molecular weight is 338 g/mol. The smallest absolute Gasteiger partial charge is 0.422 e. The van der Waals surface area contributed by atoms with Gasteiger partial charge in [-0.3, -0.25) is 4.90 Å². The molecule has 19 heavy (non-hydrogen) atoms. The van der Waals surface area contributed by atoms with Gasteiger partial charge in [-0.15, -0.1) is 0 Å². The van der Waals surface area contributed by atoms with E-state index in [9.17, 15) is 13.2 Å². The second-order valence-electron chi connectivity index (χ2n) is 4.64. The second-order valence-corrected chi connectivity index (χ2v) is 5.55. The largest absolute Gasteiger partial charge is 0.484 e. The number of ether oxygens (including phenoxy) is 1. The zero-order chi connectivity index (χ0) is 13.9. The van der Waals surface area contributed by atoms with Crippen LogP contribution in [-0.2, 0) is 6.54 Å². The highest BCUT2D eigenvalue weighted by Crippen LogP contribution is 2.27. The van der Waals surface area contributed by atoms with Crippen molar-refractivity contribution in [2.24, 2.45) is 0 Å². The van der Waals surface area contributed by atoms with Crippen molar-refractivity contribution in [2.45, 2.75) is 25.6 Å². The Morgan fingerprint density at radius 3 is 2.53 bits per heavy atom. The molecular weight excluding hydrogens is 323 g/mol. The molecule has 0 N–H and O–H groups in total. The fourth-order valence-corrected chi connectivity index (χ4v) is 2.56. The molecule has 1 aliphatic heterocycles. The Morgan fingerprint density at radius 2 is 1.89 bits per heavy atom. The quantitative estimate of drug-likeness (QED) is 0.823. The van der Waals surface area contributed by atoms with Crippen molar-refractivity contribution in [3.63, 3.8) is 0 Å². The minimum absolute atomic E-state index is 0.312. The van der Waals surface area contributed by atoms with Crippen LogP contribution in [0.25, 0.3) is 0 Å². The third-order valence-electron chi connectivity index (χ3n) is 3.01. The fourth-order valence-electron chi connectivity index (χ4n) is 2.15. The molecule has 0 aromatic heterocycles. The van der Waals surface area contributed by atoms with E-state index in [4.69, 9.17) is 4.74 Å². The molecule has 2 rings (SSSR count). The minimum Gasteiger partial charge on any atom is -0.484 e. The highest BCUT2D eigenvalue weighted by atomic mass is 79.9. The molecule has 0 spiro atoms. The summed E-state index contributed by atoms with van der Waals surface area (Å²) in [6, 6.07) is 5.10. The van der Waals surface area contributed by atoms with Gasteiger partial charge in [0.1, 0.15) is 5.75 Å². The Hall–Kier alpha value is -0.750. The first kappa shape index (κ1) is 14.7. The molecule has 1 saturated heterocycles. The lowest BCUT2D eigenvalue weighted by Crippen LogP contribution is -2.22. The van der Waals surface area contributed by atoms with Crippen molar-refractivity contribution in [1.29, 1.82) is 0 Å². The van der Waals surface area contributed by atoms with Crippen molar-refractivity contribution in [3.05, 3.63) is 28.2 Å². The van der Waals surface area contributed by atoms with Crippen LogP contribution in [0.2, 0.25) is 0 Å². The molecule has 1 aromatic carbocycles. The van der Waals surface area contributed by atoms with E-state index in [0.29, 0.717) is 12.3 Å². The molecule has 0 bridgehead atoms. The van der Waals surface area contributed by atoms with Gasteiger partial charge >= 0.3 is 6.18 Å². The number of nitrogens with zero attached hydrogens (tertiary/aromatic N) is 1. The first-order valence-electron chi connectivity index (χ1n) is 6.14. The Morgan fingerprint density at radius 1 is 1.21 bits per heavy atom. The van der Waals surface area contributed by atoms with Gasteiger partial charge in [0.05, 0.1) is 0 Å². The van der Waals surface area contributed by atoms with Crippen LogP contribution in [-0.4, -0.2) is 30.8 Å². The van der Waals surface area contributed by atoms with Crippen molar-refractivity contribution >= 4 is 15.9 Å². The van der Waals surface area contributed by atoms with Crippen LogP contribution >= 0.6 is 15.9 Å². The number of benzene rings is 1. The van der Waals surface area contributed by atoms with Crippen molar-refractivity contribution in [3.8, 4) is 5.75 Å². The molecule has 1 aliphatic rings. The van der Waals surface area contributed by atoms with E-state index in [-0.39, 0.29) is 0 Å². The van der Waals surface area contributed by atoms with Gasteiger partial charge in [-0.2, -0.15) is 13.2 Å². The van der Waals surface area contributed by atoms with Crippen LogP contribution in [0.3, 0.4) is 0 Å². The average Bonchev–Trinajstić information content (AvgIpc) is 2.79. The molecule has 6 heteroatoms. The van der Waals surface area contributed by atoms with E-state index in [1.165, 1.54) is 0 Å². The summed E-state index contributed by atoms with van der Waals surface area (Å²) >= 11 is 3.34. The molecule has 2 nitrogen and oxygen atoms in total. The predicted octanol–water partition coefficient (Wildman–Crippen LogP) is 3.99. The third kappa shape index (κ3) is 4.69. The third-order valence-corrected chi connectivity index (χ3v) is 3.50. The fraction of sp³-hybridized carbons (Fsp3) is 0.538. The molecular formula is C13H15BrF3NO. The Bertz CT molecular complexity index is 430. The summed E-state index contributed by atoms with van der Waals surface area (Å²) in [5, 5.41) is 0. The highest BCUT2D eigenvalue weighted by molar-refractivity contribution is 9.10. The molecule has 0 saturated carbocycles. The maximum Gasteiger partial charge on any atom is 0.422 e. The molecule has 0 radical (unpaired) electrons. The van der Waals surface area contributed by atoms with Crippen LogP contribution in [0.4, 0.5) is 13.2 Å². The van der Waals surface area contributed by atoms with Crippen molar-refractivity contribution < 1.29 is 17.9 Å². The summed E-state index contributed by atoms with van der Waals surface area (Å²) in [6.45, 7) is 1.37. The number of alkyl halides is 3. The molecule has 0 atom stereocenters. The molecule has 1 fully saturated rings. The predicted molar refractivity (Wildman–Crippen MR) is 70.2 cm³/mol. The molecule has 0 unspecified atom stereocenters. The van der Waals surface area contributed by atoms with Gasteiger partial charge in [0.15, 0.2) is 6.61 Å². The summed E-state index contributed by atoms with van der Waals surface area (Å²) in [5.41, 5.74) is 0.792. The van der Waals surface area contributed by atoms with E-state index < -0.39 is 12.8 Å². The summed E-state index contributed by atoms with van der Waals surface area (Å²) in [7, 11) is 0. The molecule has 0 aliphatic carbocycles. The summed E-state index contributed by atoms with van der Waals surface area (Å²) in [4.78, 5) is 2.22. The van der Waals surface area contributed by atoms with E-state index >= 15 is 0 Å². The highest BCUT2D eigenvalue weighted by Gasteiger charge is 2.29. The van der Waals surface area contributed by atoms with Crippen molar-refractivity contribution in [1.82, 2.24) is 4.90 Å². The SMILES string of the molecule is FC(F)(F)COc1ccc(Br)cc1CN1CCCC1. The zero-order valence-corrected chi connectivity index (χ0v) is 11.9. The summed E-state index contributed by atoms with van der Waals surface area (Å²) in [6.07, 6.45) is -2.02. The molecule has 0 amide bonds. The van der Waals surface area contributed by atoms with Crippen molar-refractivity contribution in [2.75, 3.05) is 19.7 Å². The van der Waals surface area contributed by atoms with Crippen LogP contribution in [0.15, 0.2) is 22.7 Å². The second kappa shape index (κ2) is 6.13. The number of rotatable bonds is 4. The van der Waals surface area contributed by atoms with E-state index in [1.807, 2.05) is 6.07 Å². The van der Waals surface area contributed by atoms with E-state index in [0.717, 1.165) is 36.0 Å². The maximum atomic E-state index is 12.2. The lowest BCUT2D eigenvalue weighted by molar-refractivity contribution is -0.153. The van der Waals surface area contributed by atoms with E-state index in [1.54, 1.807) is 12.1 Å². The molecule has 1 heterocycles. The topological polar surface area (TPSA) is 12.5 Å². The van der Waals surface area contributed by atoms with Gasteiger partial charge in [-0.1, -0.05) is 15.9 Å². The van der Waals surface area contributed by atoms with Gasteiger partial charge in [-0.05, 0) is 44.1 Å². The first-order chi connectivity index (χ1) is 8.94. The maximum absolute atomic E-state index is 12.2. The van der Waals surface area contributed by atoms with Gasteiger partial charge < -0.3 is 4.74 Å².